The highest BCUT2D eigenvalue weighted by Gasteiger charge is 2.33. The molecule has 2 rings (SSSR count). The maximum Gasteiger partial charge on any atom is 0.0688 e. The molecule has 1 unspecified atom stereocenters. The smallest absolute Gasteiger partial charge is 0.0688 e. The molecular formula is C15H20Cl2O. The fraction of sp³-hybridized carbons (Fsp3) is 0.600. The van der Waals surface area contributed by atoms with Gasteiger partial charge in [-0.05, 0) is 43.4 Å². The van der Waals surface area contributed by atoms with Crippen molar-refractivity contribution in [2.45, 2.75) is 51.0 Å². The average Bonchev–Trinajstić information content (AvgIpc) is 2.34. The van der Waals surface area contributed by atoms with Gasteiger partial charge in [-0.1, -0.05) is 48.5 Å². The first-order chi connectivity index (χ1) is 8.49. The molecule has 0 heterocycles. The second-order valence-corrected chi connectivity index (χ2v) is 6.45. The molecule has 0 saturated heterocycles. The summed E-state index contributed by atoms with van der Waals surface area (Å²) in [6.07, 6.45) is 6.61. The van der Waals surface area contributed by atoms with E-state index < -0.39 is 5.60 Å². The number of rotatable bonds is 3. The van der Waals surface area contributed by atoms with Gasteiger partial charge in [0.2, 0.25) is 0 Å². The SMILES string of the molecule is CC(O)(Cc1ccc(Cl)cc1Cl)C1CCCCC1. The van der Waals surface area contributed by atoms with Crippen molar-refractivity contribution in [3.63, 3.8) is 0 Å². The van der Waals surface area contributed by atoms with Crippen LogP contribution in [0.15, 0.2) is 18.2 Å². The van der Waals surface area contributed by atoms with Gasteiger partial charge < -0.3 is 5.11 Å². The Balaban J connectivity index is 2.10. The molecule has 18 heavy (non-hydrogen) atoms. The molecule has 1 aliphatic rings. The first-order valence-corrected chi connectivity index (χ1v) is 7.41. The van der Waals surface area contributed by atoms with Crippen LogP contribution in [0.4, 0.5) is 0 Å². The Labute approximate surface area is 119 Å². The summed E-state index contributed by atoms with van der Waals surface area (Å²) in [5, 5.41) is 12.0. The summed E-state index contributed by atoms with van der Waals surface area (Å²) in [5.74, 6) is 0.387. The quantitative estimate of drug-likeness (QED) is 0.841. The van der Waals surface area contributed by atoms with Crippen molar-refractivity contribution in [3.8, 4) is 0 Å². The van der Waals surface area contributed by atoms with Gasteiger partial charge in [0, 0.05) is 16.5 Å². The molecule has 1 atom stereocenters. The highest BCUT2D eigenvalue weighted by atomic mass is 35.5. The minimum Gasteiger partial charge on any atom is -0.390 e. The lowest BCUT2D eigenvalue weighted by atomic mass is 9.75. The minimum absolute atomic E-state index is 0.387. The molecular weight excluding hydrogens is 267 g/mol. The van der Waals surface area contributed by atoms with Gasteiger partial charge in [-0.25, -0.2) is 0 Å². The Morgan fingerprint density at radius 3 is 2.50 bits per heavy atom. The van der Waals surface area contributed by atoms with Crippen LogP contribution >= 0.6 is 23.2 Å². The van der Waals surface area contributed by atoms with Crippen LogP contribution in [0, 0.1) is 5.92 Å². The van der Waals surface area contributed by atoms with Crippen molar-refractivity contribution >= 4 is 23.2 Å². The van der Waals surface area contributed by atoms with Gasteiger partial charge >= 0.3 is 0 Å². The summed E-state index contributed by atoms with van der Waals surface area (Å²) < 4.78 is 0. The van der Waals surface area contributed by atoms with Crippen LogP contribution in [-0.2, 0) is 6.42 Å². The van der Waals surface area contributed by atoms with E-state index in [1.807, 2.05) is 19.1 Å². The van der Waals surface area contributed by atoms with Crippen molar-refractivity contribution in [1.82, 2.24) is 0 Å². The van der Waals surface area contributed by atoms with Crippen LogP contribution in [-0.4, -0.2) is 10.7 Å². The normalized spacial score (nSPS) is 20.7. The van der Waals surface area contributed by atoms with Gasteiger partial charge in [-0.2, -0.15) is 0 Å². The number of benzene rings is 1. The van der Waals surface area contributed by atoms with Crippen LogP contribution in [0.1, 0.15) is 44.6 Å². The monoisotopic (exact) mass is 286 g/mol. The number of halogens is 2. The van der Waals surface area contributed by atoms with Gasteiger partial charge in [0.1, 0.15) is 0 Å². The number of hydrogen-bond acceptors (Lipinski definition) is 1. The van der Waals surface area contributed by atoms with Crippen LogP contribution in [0.2, 0.25) is 10.0 Å². The fourth-order valence-corrected chi connectivity index (χ4v) is 3.39. The Morgan fingerprint density at radius 1 is 1.22 bits per heavy atom. The lowest BCUT2D eigenvalue weighted by Crippen LogP contribution is -2.38. The molecule has 1 fully saturated rings. The van der Waals surface area contributed by atoms with Crippen LogP contribution < -0.4 is 0 Å². The van der Waals surface area contributed by atoms with E-state index in [2.05, 4.69) is 0 Å². The molecule has 1 aliphatic carbocycles. The maximum atomic E-state index is 10.7. The summed E-state index contributed by atoms with van der Waals surface area (Å²) in [6, 6.07) is 5.50. The van der Waals surface area contributed by atoms with E-state index in [-0.39, 0.29) is 0 Å². The zero-order chi connectivity index (χ0) is 13.2. The third kappa shape index (κ3) is 3.40. The Kier molecular flexibility index (Phi) is 4.58. The van der Waals surface area contributed by atoms with Crippen molar-refractivity contribution in [1.29, 1.82) is 0 Å². The van der Waals surface area contributed by atoms with Crippen LogP contribution in [0.5, 0.6) is 0 Å². The van der Waals surface area contributed by atoms with Crippen molar-refractivity contribution in [2.75, 3.05) is 0 Å². The highest BCUT2D eigenvalue weighted by molar-refractivity contribution is 6.35. The van der Waals surface area contributed by atoms with E-state index in [0.29, 0.717) is 22.4 Å². The molecule has 1 aromatic carbocycles. The van der Waals surface area contributed by atoms with E-state index in [1.165, 1.54) is 19.3 Å². The van der Waals surface area contributed by atoms with Crippen molar-refractivity contribution in [2.24, 2.45) is 5.92 Å². The summed E-state index contributed by atoms with van der Waals surface area (Å²) in [4.78, 5) is 0. The molecule has 1 N–H and O–H groups in total. The molecule has 0 bridgehead atoms. The van der Waals surface area contributed by atoms with Gasteiger partial charge in [0.15, 0.2) is 0 Å². The lowest BCUT2D eigenvalue weighted by molar-refractivity contribution is -0.0159. The molecule has 0 aliphatic heterocycles. The van der Waals surface area contributed by atoms with E-state index >= 15 is 0 Å². The van der Waals surface area contributed by atoms with Gasteiger partial charge in [-0.15, -0.1) is 0 Å². The van der Waals surface area contributed by atoms with Gasteiger partial charge in [-0.3, -0.25) is 0 Å². The molecule has 0 aromatic heterocycles. The van der Waals surface area contributed by atoms with E-state index in [4.69, 9.17) is 23.2 Å². The largest absolute Gasteiger partial charge is 0.390 e. The minimum atomic E-state index is -0.669. The fourth-order valence-electron chi connectivity index (χ4n) is 2.92. The molecule has 0 radical (unpaired) electrons. The molecule has 0 spiro atoms. The summed E-state index contributed by atoms with van der Waals surface area (Å²) >= 11 is 12.1. The molecule has 0 amide bonds. The van der Waals surface area contributed by atoms with Crippen LogP contribution in [0.3, 0.4) is 0 Å². The highest BCUT2D eigenvalue weighted by Crippen LogP contribution is 2.36. The molecule has 1 nitrogen and oxygen atoms in total. The Hall–Kier alpha value is -0.240. The summed E-state index contributed by atoms with van der Waals surface area (Å²) in [6.45, 7) is 1.94. The molecule has 1 saturated carbocycles. The predicted octanol–water partition coefficient (Wildman–Crippen LogP) is 4.87. The molecule has 3 heteroatoms. The van der Waals surface area contributed by atoms with E-state index in [1.54, 1.807) is 6.07 Å². The number of aliphatic hydroxyl groups is 1. The Bertz CT molecular complexity index is 409. The van der Waals surface area contributed by atoms with Crippen molar-refractivity contribution < 1.29 is 5.11 Å². The third-order valence-corrected chi connectivity index (χ3v) is 4.64. The van der Waals surface area contributed by atoms with Gasteiger partial charge in [0.05, 0.1) is 5.60 Å². The second-order valence-electron chi connectivity index (χ2n) is 5.60. The zero-order valence-electron chi connectivity index (χ0n) is 10.8. The standard InChI is InChI=1S/C15H20Cl2O/c1-15(18,12-5-3-2-4-6-12)10-11-7-8-13(16)9-14(11)17/h7-9,12,18H,2-6,10H2,1H3. The summed E-state index contributed by atoms with van der Waals surface area (Å²) in [7, 11) is 0. The predicted molar refractivity (Wildman–Crippen MR) is 77.4 cm³/mol. The topological polar surface area (TPSA) is 20.2 Å². The number of hydrogen-bond donors (Lipinski definition) is 1. The third-order valence-electron chi connectivity index (χ3n) is 4.05. The summed E-state index contributed by atoms with van der Waals surface area (Å²) in [5.41, 5.74) is 0.314. The molecule has 100 valence electrons. The second kappa shape index (κ2) is 5.81. The van der Waals surface area contributed by atoms with E-state index in [0.717, 1.165) is 18.4 Å². The zero-order valence-corrected chi connectivity index (χ0v) is 12.3. The first-order valence-electron chi connectivity index (χ1n) is 6.65. The van der Waals surface area contributed by atoms with E-state index in [9.17, 15) is 5.11 Å². The average molecular weight is 287 g/mol. The molecule has 1 aromatic rings. The van der Waals surface area contributed by atoms with Gasteiger partial charge in [0.25, 0.3) is 0 Å². The Morgan fingerprint density at radius 2 is 1.89 bits per heavy atom. The maximum absolute atomic E-state index is 10.7. The van der Waals surface area contributed by atoms with Crippen LogP contribution in [0.25, 0.3) is 0 Å². The van der Waals surface area contributed by atoms with Crippen molar-refractivity contribution in [3.05, 3.63) is 33.8 Å². The first kappa shape index (κ1) is 14.2. The lowest BCUT2D eigenvalue weighted by Gasteiger charge is -2.36.